The van der Waals surface area contributed by atoms with Gasteiger partial charge in [0.15, 0.2) is 0 Å². The molecule has 1 N–H and O–H groups in total. The fourth-order valence-corrected chi connectivity index (χ4v) is 2.14. The summed E-state index contributed by atoms with van der Waals surface area (Å²) in [5, 5.41) is 8.93. The molecule has 0 saturated carbocycles. The van der Waals surface area contributed by atoms with Crippen LogP contribution in [0.15, 0.2) is 0 Å². The van der Waals surface area contributed by atoms with Crippen LogP contribution in [0.2, 0.25) is 25.7 Å². The van der Waals surface area contributed by atoms with Crippen molar-refractivity contribution in [3.63, 3.8) is 0 Å². The van der Waals surface area contributed by atoms with Crippen LogP contribution in [0.4, 0.5) is 0 Å². The minimum Gasteiger partial charge on any atom is -0.363 e. The molecule has 10 heavy (non-hydrogen) atoms. The number of hydrogen-bond donors (Lipinski definition) is 1. The highest BCUT2D eigenvalue weighted by atomic mass is 35.5. The quantitative estimate of drug-likeness (QED) is 0.549. The van der Waals surface area contributed by atoms with Gasteiger partial charge in [0.25, 0.3) is 0 Å². The fraction of sp³-hybridized carbons (Fsp3) is 1.00. The third-order valence-electron chi connectivity index (χ3n) is 1.18. The molecule has 0 aliphatic rings. The Kier molecular flexibility index (Phi) is 3.70. The van der Waals surface area contributed by atoms with E-state index in [9.17, 15) is 0 Å². The second kappa shape index (κ2) is 3.44. The van der Waals surface area contributed by atoms with Crippen LogP contribution in [-0.2, 0) is 0 Å². The Balaban J connectivity index is 3.56. The van der Waals surface area contributed by atoms with Crippen molar-refractivity contribution in [2.24, 2.45) is 0 Å². The molecule has 4 heteroatoms. The molecular weight excluding hydrogens is 187 g/mol. The summed E-state index contributed by atoms with van der Waals surface area (Å²) in [5.74, 6) is 0. The molecule has 0 rings (SSSR count). The average Bonchev–Trinajstić information content (AvgIpc) is 1.57. The van der Waals surface area contributed by atoms with Crippen LogP contribution in [-0.4, -0.2) is 17.7 Å². The third kappa shape index (κ3) is 8.76. The van der Waals surface area contributed by atoms with Gasteiger partial charge in [0.1, 0.15) is 0 Å². The lowest BCUT2D eigenvalue weighted by molar-refractivity contribution is 0.210. The van der Waals surface area contributed by atoms with Crippen molar-refractivity contribution in [3.05, 3.63) is 0 Å². The Labute approximate surface area is 73.3 Å². The first-order valence-corrected chi connectivity index (χ1v) is 7.77. The van der Waals surface area contributed by atoms with Crippen LogP contribution in [0.1, 0.15) is 6.42 Å². The molecule has 0 fully saturated rings. The summed E-state index contributed by atoms with van der Waals surface area (Å²) >= 11 is 10.8. The molecule has 0 amide bonds. The van der Waals surface area contributed by atoms with E-state index in [4.69, 9.17) is 28.3 Å². The van der Waals surface area contributed by atoms with Gasteiger partial charge < -0.3 is 5.11 Å². The Morgan fingerprint density at radius 3 is 1.80 bits per heavy atom. The molecule has 0 heterocycles. The second-order valence-electron chi connectivity index (χ2n) is 3.73. The van der Waals surface area contributed by atoms with Crippen molar-refractivity contribution >= 4 is 31.3 Å². The van der Waals surface area contributed by atoms with Crippen LogP contribution in [0.5, 0.6) is 0 Å². The second-order valence-corrected chi connectivity index (χ2v) is 10.8. The van der Waals surface area contributed by atoms with E-state index in [1.165, 1.54) is 0 Å². The van der Waals surface area contributed by atoms with Crippen LogP contribution < -0.4 is 0 Å². The normalized spacial score (nSPS) is 13.8. The van der Waals surface area contributed by atoms with E-state index in [-0.39, 0.29) is 0 Å². The van der Waals surface area contributed by atoms with Gasteiger partial charge in [0.05, 0.1) is 0 Å². The first kappa shape index (κ1) is 10.8. The Morgan fingerprint density at radius 1 is 1.30 bits per heavy atom. The number of halogens is 2. The Hall–Kier alpha value is 0.757. The molecule has 0 aromatic rings. The SMILES string of the molecule is C[Si](C)(C)CCC(O)(Cl)Cl. The molecule has 62 valence electrons. The zero-order chi connectivity index (χ0) is 8.41. The summed E-state index contributed by atoms with van der Waals surface area (Å²) in [7, 11) is -1.10. The molecule has 1 nitrogen and oxygen atoms in total. The highest BCUT2D eigenvalue weighted by Crippen LogP contribution is 2.26. The van der Waals surface area contributed by atoms with E-state index >= 15 is 0 Å². The molecule has 0 bridgehead atoms. The molecule has 0 aliphatic carbocycles. The molecule has 0 unspecified atom stereocenters. The molecule has 0 aromatic heterocycles. The third-order valence-corrected chi connectivity index (χ3v) is 3.30. The minimum atomic E-state index is -1.51. The molecule has 0 aliphatic heterocycles. The van der Waals surface area contributed by atoms with Gasteiger partial charge >= 0.3 is 0 Å². The predicted molar refractivity (Wildman–Crippen MR) is 49.4 cm³/mol. The van der Waals surface area contributed by atoms with Crippen molar-refractivity contribution in [1.29, 1.82) is 0 Å². The van der Waals surface area contributed by atoms with Gasteiger partial charge in [-0.15, -0.1) is 0 Å². The maximum atomic E-state index is 8.93. The lowest BCUT2D eigenvalue weighted by atomic mass is 10.5. The van der Waals surface area contributed by atoms with Gasteiger partial charge in [-0.25, -0.2) is 0 Å². The lowest BCUT2D eigenvalue weighted by Gasteiger charge is -2.19. The van der Waals surface area contributed by atoms with Crippen LogP contribution in [0.25, 0.3) is 0 Å². The van der Waals surface area contributed by atoms with E-state index < -0.39 is 12.6 Å². The fourth-order valence-electron chi connectivity index (χ4n) is 0.525. The van der Waals surface area contributed by atoms with Crippen LogP contribution >= 0.6 is 23.2 Å². The maximum absolute atomic E-state index is 8.93. The summed E-state index contributed by atoms with van der Waals surface area (Å²) in [6.07, 6.45) is 0.478. The van der Waals surface area contributed by atoms with E-state index in [2.05, 4.69) is 19.6 Å². The van der Waals surface area contributed by atoms with Crippen molar-refractivity contribution in [2.45, 2.75) is 36.6 Å². The van der Waals surface area contributed by atoms with Gasteiger partial charge in [-0.3, -0.25) is 0 Å². The number of rotatable bonds is 3. The summed E-state index contributed by atoms with van der Waals surface area (Å²) in [6.45, 7) is 6.64. The van der Waals surface area contributed by atoms with Gasteiger partial charge in [0, 0.05) is 14.5 Å². The number of aliphatic hydroxyl groups is 1. The van der Waals surface area contributed by atoms with E-state index in [1.54, 1.807) is 0 Å². The summed E-state index contributed by atoms with van der Waals surface area (Å²) < 4.78 is -1.51. The van der Waals surface area contributed by atoms with Gasteiger partial charge in [-0.05, 0) is 0 Å². The maximum Gasteiger partial charge on any atom is 0.214 e. The summed E-state index contributed by atoms with van der Waals surface area (Å²) in [4.78, 5) is 0. The van der Waals surface area contributed by atoms with Crippen molar-refractivity contribution in [1.82, 2.24) is 0 Å². The molecule has 0 spiro atoms. The smallest absolute Gasteiger partial charge is 0.214 e. The lowest BCUT2D eigenvalue weighted by Crippen LogP contribution is -2.23. The van der Waals surface area contributed by atoms with Crippen LogP contribution in [0, 0.1) is 0 Å². The monoisotopic (exact) mass is 200 g/mol. The zero-order valence-electron chi connectivity index (χ0n) is 6.62. The molecule has 0 atom stereocenters. The molecule has 0 saturated heterocycles. The van der Waals surface area contributed by atoms with Gasteiger partial charge in [-0.2, -0.15) is 0 Å². The summed E-state index contributed by atoms with van der Waals surface area (Å²) in [6, 6.07) is 0.955. The topological polar surface area (TPSA) is 20.2 Å². The minimum absolute atomic E-state index is 0.478. The van der Waals surface area contributed by atoms with Crippen molar-refractivity contribution in [2.75, 3.05) is 0 Å². The number of hydrogen-bond acceptors (Lipinski definition) is 1. The highest BCUT2D eigenvalue weighted by Gasteiger charge is 2.23. The van der Waals surface area contributed by atoms with Gasteiger partial charge in [0.2, 0.25) is 4.52 Å². The first-order valence-electron chi connectivity index (χ1n) is 3.31. The van der Waals surface area contributed by atoms with Crippen molar-refractivity contribution < 1.29 is 5.11 Å². The summed E-state index contributed by atoms with van der Waals surface area (Å²) in [5.41, 5.74) is 0. The number of alkyl halides is 2. The van der Waals surface area contributed by atoms with Crippen LogP contribution in [0.3, 0.4) is 0 Å². The Bertz CT molecular complexity index is 89.3. The highest BCUT2D eigenvalue weighted by molar-refractivity contribution is 6.76. The predicted octanol–water partition coefficient (Wildman–Crippen LogP) is 2.84. The Morgan fingerprint density at radius 2 is 1.70 bits per heavy atom. The largest absolute Gasteiger partial charge is 0.363 e. The molecule has 0 aromatic carbocycles. The van der Waals surface area contributed by atoms with E-state index in [0.29, 0.717) is 6.42 Å². The standard InChI is InChI=1S/C6H14Cl2OSi/c1-10(2,3)5-4-6(7,8)9/h9H,4-5H2,1-3H3. The van der Waals surface area contributed by atoms with E-state index in [1.807, 2.05) is 0 Å². The molecular formula is C6H14Cl2OSi. The average molecular weight is 201 g/mol. The first-order chi connectivity index (χ1) is 4.21. The van der Waals surface area contributed by atoms with E-state index in [0.717, 1.165) is 6.04 Å². The zero-order valence-corrected chi connectivity index (χ0v) is 9.13. The van der Waals surface area contributed by atoms with Crippen molar-refractivity contribution in [3.8, 4) is 0 Å². The molecule has 0 radical (unpaired) electrons. The van der Waals surface area contributed by atoms with Gasteiger partial charge in [-0.1, -0.05) is 48.9 Å².